The van der Waals surface area contributed by atoms with Crippen molar-refractivity contribution >= 4 is 29.1 Å². The van der Waals surface area contributed by atoms with Crippen LogP contribution in [0.3, 0.4) is 0 Å². The molecule has 0 saturated carbocycles. The molecule has 0 spiro atoms. The number of aryl methyl sites for hydroxylation is 2. The van der Waals surface area contributed by atoms with Gasteiger partial charge in [0.05, 0.1) is 10.7 Å². The molecule has 0 aliphatic carbocycles. The molecule has 2 amide bonds. The van der Waals surface area contributed by atoms with Gasteiger partial charge in [-0.25, -0.2) is 0 Å². The van der Waals surface area contributed by atoms with Gasteiger partial charge in [0.1, 0.15) is 0 Å². The second kappa shape index (κ2) is 7.14. The highest BCUT2D eigenvalue weighted by atomic mass is 35.5. The Hall–Kier alpha value is -1.55. The van der Waals surface area contributed by atoms with Crippen LogP contribution in [-0.2, 0) is 9.59 Å². The Morgan fingerprint density at radius 2 is 1.91 bits per heavy atom. The largest absolute Gasteiger partial charge is 0.343 e. The van der Waals surface area contributed by atoms with E-state index in [1.165, 1.54) is 0 Å². The Kier molecular flexibility index (Phi) is 5.46. The molecule has 0 atom stereocenters. The van der Waals surface area contributed by atoms with Gasteiger partial charge in [-0.15, -0.1) is 0 Å². The molecule has 1 aromatic carbocycles. The normalized spacial score (nSPS) is 15.7. The standard InChI is InChI=1S/C17H23ClN2O2/c1-4-15(21)20-7-5-13(6-8-20)17(22)19-16-12(3)9-11(2)10-14(16)18/h9-10,13H,4-8H2,1-3H3,(H,19,22). The Morgan fingerprint density at radius 3 is 2.45 bits per heavy atom. The second-order valence-corrected chi connectivity index (χ2v) is 6.34. The maximum absolute atomic E-state index is 12.4. The summed E-state index contributed by atoms with van der Waals surface area (Å²) in [7, 11) is 0. The minimum Gasteiger partial charge on any atom is -0.343 e. The van der Waals surface area contributed by atoms with Gasteiger partial charge in [-0.3, -0.25) is 9.59 Å². The number of nitrogens with zero attached hydrogens (tertiary/aromatic N) is 1. The van der Waals surface area contributed by atoms with Crippen molar-refractivity contribution in [2.45, 2.75) is 40.0 Å². The number of piperidine rings is 1. The van der Waals surface area contributed by atoms with Crippen LogP contribution in [0.2, 0.25) is 5.02 Å². The first-order valence-corrected chi connectivity index (χ1v) is 8.15. The maximum Gasteiger partial charge on any atom is 0.227 e. The summed E-state index contributed by atoms with van der Waals surface area (Å²) in [6.45, 7) is 7.10. The van der Waals surface area contributed by atoms with Crippen LogP contribution in [-0.4, -0.2) is 29.8 Å². The molecule has 0 aromatic heterocycles. The number of benzene rings is 1. The fourth-order valence-electron chi connectivity index (χ4n) is 2.91. The summed E-state index contributed by atoms with van der Waals surface area (Å²) in [5.74, 6) is 0.103. The van der Waals surface area contributed by atoms with E-state index >= 15 is 0 Å². The molecule has 22 heavy (non-hydrogen) atoms. The number of anilines is 1. The molecule has 1 heterocycles. The third kappa shape index (κ3) is 3.80. The van der Waals surface area contributed by atoms with E-state index in [0.29, 0.717) is 43.1 Å². The molecule has 0 radical (unpaired) electrons. The highest BCUT2D eigenvalue weighted by Crippen LogP contribution is 2.29. The first kappa shape index (κ1) is 16.8. The van der Waals surface area contributed by atoms with Crippen molar-refractivity contribution in [3.05, 3.63) is 28.3 Å². The summed E-state index contributed by atoms with van der Waals surface area (Å²) in [5, 5.41) is 3.53. The molecular weight excluding hydrogens is 300 g/mol. The molecule has 4 nitrogen and oxygen atoms in total. The van der Waals surface area contributed by atoms with Crippen LogP contribution >= 0.6 is 11.6 Å². The van der Waals surface area contributed by atoms with Gasteiger partial charge < -0.3 is 10.2 Å². The van der Waals surface area contributed by atoms with Crippen LogP contribution in [0.1, 0.15) is 37.3 Å². The van der Waals surface area contributed by atoms with E-state index in [0.717, 1.165) is 11.1 Å². The molecule has 1 aliphatic rings. The van der Waals surface area contributed by atoms with Gasteiger partial charge in [-0.1, -0.05) is 24.6 Å². The van der Waals surface area contributed by atoms with E-state index < -0.39 is 0 Å². The topological polar surface area (TPSA) is 49.4 Å². The van der Waals surface area contributed by atoms with Gasteiger partial charge in [-0.2, -0.15) is 0 Å². The summed E-state index contributed by atoms with van der Waals surface area (Å²) in [6.07, 6.45) is 1.94. The van der Waals surface area contributed by atoms with Gasteiger partial charge in [-0.05, 0) is 43.9 Å². The third-order valence-electron chi connectivity index (χ3n) is 4.20. The molecule has 1 fully saturated rings. The Morgan fingerprint density at radius 1 is 1.27 bits per heavy atom. The molecule has 2 rings (SSSR count). The molecular formula is C17H23ClN2O2. The van der Waals surface area contributed by atoms with Crippen molar-refractivity contribution in [3.8, 4) is 0 Å². The van der Waals surface area contributed by atoms with Crippen LogP contribution in [0.25, 0.3) is 0 Å². The molecule has 0 unspecified atom stereocenters. The maximum atomic E-state index is 12.4. The number of likely N-dealkylation sites (tertiary alicyclic amines) is 1. The summed E-state index contributed by atoms with van der Waals surface area (Å²) in [4.78, 5) is 25.9. The highest BCUT2D eigenvalue weighted by molar-refractivity contribution is 6.34. The van der Waals surface area contributed by atoms with Crippen molar-refractivity contribution in [1.82, 2.24) is 4.90 Å². The van der Waals surface area contributed by atoms with Crippen molar-refractivity contribution in [2.24, 2.45) is 5.92 Å². The minimum atomic E-state index is -0.0577. The van der Waals surface area contributed by atoms with E-state index in [1.54, 1.807) is 0 Å². The lowest BCUT2D eigenvalue weighted by Crippen LogP contribution is -2.41. The van der Waals surface area contributed by atoms with E-state index in [9.17, 15) is 9.59 Å². The molecule has 120 valence electrons. The first-order chi connectivity index (χ1) is 10.4. The zero-order chi connectivity index (χ0) is 16.3. The number of hydrogen-bond acceptors (Lipinski definition) is 2. The number of nitrogens with one attached hydrogen (secondary N) is 1. The summed E-state index contributed by atoms with van der Waals surface area (Å²) < 4.78 is 0. The average molecular weight is 323 g/mol. The lowest BCUT2D eigenvalue weighted by molar-refractivity contribution is -0.134. The third-order valence-corrected chi connectivity index (χ3v) is 4.50. The predicted molar refractivity (Wildman–Crippen MR) is 89.2 cm³/mol. The number of carbonyl (C=O) groups excluding carboxylic acids is 2. The lowest BCUT2D eigenvalue weighted by atomic mass is 9.95. The molecule has 1 N–H and O–H groups in total. The SMILES string of the molecule is CCC(=O)N1CCC(C(=O)Nc2c(C)cc(C)cc2Cl)CC1. The number of rotatable bonds is 3. The number of amides is 2. The predicted octanol–water partition coefficient (Wildman–Crippen LogP) is 3.54. The first-order valence-electron chi connectivity index (χ1n) is 7.77. The van der Waals surface area contributed by atoms with Gasteiger partial charge in [0.15, 0.2) is 0 Å². The summed E-state index contributed by atoms with van der Waals surface area (Å²) in [6, 6.07) is 3.86. The number of halogens is 1. The van der Waals surface area contributed by atoms with Crippen molar-refractivity contribution < 1.29 is 9.59 Å². The molecule has 1 aliphatic heterocycles. The average Bonchev–Trinajstić information content (AvgIpc) is 2.50. The fraction of sp³-hybridized carbons (Fsp3) is 0.529. The molecule has 0 bridgehead atoms. The summed E-state index contributed by atoms with van der Waals surface area (Å²) in [5.41, 5.74) is 2.74. The zero-order valence-corrected chi connectivity index (χ0v) is 14.2. The molecule has 1 saturated heterocycles. The van der Waals surface area contributed by atoms with Gasteiger partial charge in [0.25, 0.3) is 0 Å². The van der Waals surface area contributed by atoms with Crippen LogP contribution in [0.4, 0.5) is 5.69 Å². The lowest BCUT2D eigenvalue weighted by Gasteiger charge is -2.31. The highest BCUT2D eigenvalue weighted by Gasteiger charge is 2.27. The van der Waals surface area contributed by atoms with Crippen LogP contribution in [0.5, 0.6) is 0 Å². The minimum absolute atomic E-state index is 0.00236. The van der Waals surface area contributed by atoms with Gasteiger partial charge in [0.2, 0.25) is 11.8 Å². The quantitative estimate of drug-likeness (QED) is 0.925. The number of carbonyl (C=O) groups is 2. The van der Waals surface area contributed by atoms with E-state index in [4.69, 9.17) is 11.6 Å². The monoisotopic (exact) mass is 322 g/mol. The van der Waals surface area contributed by atoms with Crippen molar-refractivity contribution in [2.75, 3.05) is 18.4 Å². The van der Waals surface area contributed by atoms with E-state index in [-0.39, 0.29) is 17.7 Å². The summed E-state index contributed by atoms with van der Waals surface area (Å²) >= 11 is 6.23. The van der Waals surface area contributed by atoms with Crippen molar-refractivity contribution in [1.29, 1.82) is 0 Å². The van der Waals surface area contributed by atoms with Gasteiger partial charge in [0, 0.05) is 25.4 Å². The van der Waals surface area contributed by atoms with E-state index in [2.05, 4.69) is 5.32 Å². The van der Waals surface area contributed by atoms with Crippen LogP contribution in [0, 0.1) is 19.8 Å². The second-order valence-electron chi connectivity index (χ2n) is 5.94. The van der Waals surface area contributed by atoms with Crippen LogP contribution < -0.4 is 5.32 Å². The Labute approximate surface area is 136 Å². The molecule has 5 heteroatoms. The zero-order valence-electron chi connectivity index (χ0n) is 13.4. The Bertz CT molecular complexity index is 555. The smallest absolute Gasteiger partial charge is 0.227 e. The molecule has 1 aromatic rings. The van der Waals surface area contributed by atoms with E-state index in [1.807, 2.05) is 37.8 Å². The van der Waals surface area contributed by atoms with Gasteiger partial charge >= 0.3 is 0 Å². The number of hydrogen-bond donors (Lipinski definition) is 1. The Balaban J connectivity index is 1.98. The van der Waals surface area contributed by atoms with Crippen LogP contribution in [0.15, 0.2) is 12.1 Å². The fourth-order valence-corrected chi connectivity index (χ4v) is 3.28. The van der Waals surface area contributed by atoms with Crippen molar-refractivity contribution in [3.63, 3.8) is 0 Å².